The van der Waals surface area contributed by atoms with Crippen LogP contribution in [0.2, 0.25) is 5.02 Å². The largest absolute Gasteiger partial charge is 0.384 e. The van der Waals surface area contributed by atoms with Crippen molar-refractivity contribution in [1.29, 1.82) is 0 Å². The van der Waals surface area contributed by atoms with Crippen LogP contribution in [0, 0.1) is 0 Å². The molecule has 94 valence electrons. The van der Waals surface area contributed by atoms with Crippen LogP contribution in [-0.2, 0) is 6.54 Å². The van der Waals surface area contributed by atoms with E-state index in [1.54, 1.807) is 18.3 Å². The van der Waals surface area contributed by atoms with Gasteiger partial charge in [0.2, 0.25) is 0 Å². The van der Waals surface area contributed by atoms with Gasteiger partial charge < -0.3 is 5.32 Å². The second-order valence-corrected chi connectivity index (χ2v) is 4.34. The Morgan fingerprint density at radius 3 is 2.89 bits per heavy atom. The summed E-state index contributed by atoms with van der Waals surface area (Å²) in [5.74, 6) is 0. The minimum absolute atomic E-state index is 0.131. The Morgan fingerprint density at radius 1 is 1.39 bits per heavy atom. The second kappa shape index (κ2) is 5.69. The van der Waals surface area contributed by atoms with E-state index >= 15 is 0 Å². The van der Waals surface area contributed by atoms with E-state index in [-0.39, 0.29) is 5.56 Å². The van der Waals surface area contributed by atoms with Crippen molar-refractivity contribution >= 4 is 17.3 Å². The van der Waals surface area contributed by atoms with Crippen LogP contribution in [0.1, 0.15) is 12.5 Å². The van der Waals surface area contributed by atoms with Gasteiger partial charge in [0.25, 0.3) is 5.56 Å². The highest BCUT2D eigenvalue weighted by Crippen LogP contribution is 2.11. The van der Waals surface area contributed by atoms with Gasteiger partial charge in [-0.05, 0) is 24.6 Å². The summed E-state index contributed by atoms with van der Waals surface area (Å²) >= 11 is 5.90. The van der Waals surface area contributed by atoms with Crippen LogP contribution in [0.4, 0.5) is 5.69 Å². The number of rotatable bonds is 4. The first-order valence-electron chi connectivity index (χ1n) is 5.74. The summed E-state index contributed by atoms with van der Waals surface area (Å²) in [6, 6.07) is 8.94. The molecule has 18 heavy (non-hydrogen) atoms. The fraction of sp³-hybridized carbons (Fsp3) is 0.231. The van der Waals surface area contributed by atoms with Crippen LogP contribution in [0.5, 0.6) is 0 Å². The number of hydrogen-bond acceptors (Lipinski definition) is 3. The topological polar surface area (TPSA) is 46.9 Å². The zero-order valence-corrected chi connectivity index (χ0v) is 10.8. The molecule has 0 atom stereocenters. The maximum absolute atomic E-state index is 11.8. The third-order valence-electron chi connectivity index (χ3n) is 2.47. The Kier molecular flexibility index (Phi) is 3.99. The number of hydrogen-bond donors (Lipinski definition) is 1. The maximum Gasteiger partial charge on any atom is 0.269 e. The Bertz CT molecular complexity index is 595. The molecule has 2 aromatic rings. The molecule has 0 amide bonds. The van der Waals surface area contributed by atoms with Gasteiger partial charge in [-0.1, -0.05) is 23.7 Å². The van der Waals surface area contributed by atoms with Crippen LogP contribution in [0.25, 0.3) is 0 Å². The van der Waals surface area contributed by atoms with Gasteiger partial charge >= 0.3 is 0 Å². The van der Waals surface area contributed by atoms with E-state index in [4.69, 9.17) is 11.6 Å². The first-order valence-corrected chi connectivity index (χ1v) is 6.12. The number of nitrogens with zero attached hydrogens (tertiary/aromatic N) is 2. The number of nitrogens with one attached hydrogen (secondary N) is 1. The molecule has 1 N–H and O–H groups in total. The maximum atomic E-state index is 11.8. The molecule has 0 aliphatic carbocycles. The van der Waals surface area contributed by atoms with Gasteiger partial charge in [-0.2, -0.15) is 5.10 Å². The summed E-state index contributed by atoms with van der Waals surface area (Å²) in [5, 5.41) is 7.83. The molecule has 0 spiro atoms. The van der Waals surface area contributed by atoms with Crippen molar-refractivity contribution in [3.8, 4) is 0 Å². The smallest absolute Gasteiger partial charge is 0.269 e. The van der Waals surface area contributed by atoms with Gasteiger partial charge in [-0.15, -0.1) is 0 Å². The monoisotopic (exact) mass is 263 g/mol. The lowest BCUT2D eigenvalue weighted by Gasteiger charge is -2.07. The van der Waals surface area contributed by atoms with Crippen molar-refractivity contribution in [2.24, 2.45) is 0 Å². The molecule has 0 radical (unpaired) electrons. The summed E-state index contributed by atoms with van der Waals surface area (Å²) in [6.45, 7) is 3.16. The molecule has 2 rings (SSSR count). The van der Waals surface area contributed by atoms with E-state index < -0.39 is 0 Å². The first kappa shape index (κ1) is 12.6. The van der Waals surface area contributed by atoms with E-state index in [0.29, 0.717) is 11.6 Å². The van der Waals surface area contributed by atoms with Crippen molar-refractivity contribution in [3.63, 3.8) is 0 Å². The molecule has 1 aromatic carbocycles. The van der Waals surface area contributed by atoms with Crippen LogP contribution in [-0.4, -0.2) is 16.3 Å². The number of benzene rings is 1. The predicted octanol–water partition coefficient (Wildman–Crippen LogP) is 2.38. The molecular formula is C13H14ClN3O. The van der Waals surface area contributed by atoms with Gasteiger partial charge in [0.15, 0.2) is 0 Å². The minimum atomic E-state index is -0.131. The van der Waals surface area contributed by atoms with Gasteiger partial charge in [0.05, 0.1) is 18.4 Å². The van der Waals surface area contributed by atoms with Gasteiger partial charge in [0.1, 0.15) is 0 Å². The number of halogens is 1. The summed E-state index contributed by atoms with van der Waals surface area (Å²) in [6.07, 6.45) is 1.65. The highest BCUT2D eigenvalue weighted by atomic mass is 35.5. The van der Waals surface area contributed by atoms with Gasteiger partial charge in [-0.3, -0.25) is 4.79 Å². The fourth-order valence-corrected chi connectivity index (χ4v) is 1.87. The molecule has 0 aliphatic rings. The molecule has 0 saturated heterocycles. The Hall–Kier alpha value is -1.81. The normalized spacial score (nSPS) is 10.3. The fourth-order valence-electron chi connectivity index (χ4n) is 1.66. The summed E-state index contributed by atoms with van der Waals surface area (Å²) in [5.41, 5.74) is 1.56. The third-order valence-corrected chi connectivity index (χ3v) is 2.71. The molecule has 0 unspecified atom stereocenters. The van der Waals surface area contributed by atoms with Crippen LogP contribution >= 0.6 is 11.6 Å². The van der Waals surface area contributed by atoms with Crippen molar-refractivity contribution < 1.29 is 0 Å². The number of anilines is 1. The second-order valence-electron chi connectivity index (χ2n) is 3.90. The molecule has 5 heteroatoms. The zero-order valence-electron chi connectivity index (χ0n) is 10.1. The third kappa shape index (κ3) is 3.11. The Labute approximate surface area is 110 Å². The van der Waals surface area contributed by atoms with Gasteiger partial charge in [-0.25, -0.2) is 4.68 Å². The molecule has 0 bridgehead atoms. The molecule has 0 fully saturated rings. The van der Waals surface area contributed by atoms with Crippen molar-refractivity contribution in [1.82, 2.24) is 9.78 Å². The first-order chi connectivity index (χ1) is 8.69. The average molecular weight is 264 g/mol. The summed E-state index contributed by atoms with van der Waals surface area (Å²) in [7, 11) is 0. The van der Waals surface area contributed by atoms with E-state index in [1.165, 1.54) is 4.68 Å². The SMILES string of the molecule is CCNc1cnn(Cc2cccc(Cl)c2)c(=O)c1. The summed E-state index contributed by atoms with van der Waals surface area (Å²) in [4.78, 5) is 11.8. The average Bonchev–Trinajstić information content (AvgIpc) is 2.33. The molecule has 1 aromatic heterocycles. The van der Waals surface area contributed by atoms with Gasteiger partial charge in [0, 0.05) is 17.6 Å². The van der Waals surface area contributed by atoms with E-state index in [1.807, 2.05) is 25.1 Å². The van der Waals surface area contributed by atoms with Crippen LogP contribution in [0.15, 0.2) is 41.3 Å². The minimum Gasteiger partial charge on any atom is -0.384 e. The van der Waals surface area contributed by atoms with Crippen LogP contribution < -0.4 is 10.9 Å². The molecule has 0 saturated carbocycles. The van der Waals surface area contributed by atoms with Crippen LogP contribution in [0.3, 0.4) is 0 Å². The van der Waals surface area contributed by atoms with E-state index in [0.717, 1.165) is 17.8 Å². The summed E-state index contributed by atoms with van der Waals surface area (Å²) < 4.78 is 1.41. The quantitative estimate of drug-likeness (QED) is 0.921. The van der Waals surface area contributed by atoms with E-state index in [2.05, 4.69) is 10.4 Å². The lowest BCUT2D eigenvalue weighted by Crippen LogP contribution is -2.23. The lowest BCUT2D eigenvalue weighted by atomic mass is 10.2. The Balaban J connectivity index is 2.22. The standard InChI is InChI=1S/C13H14ClN3O/c1-2-15-12-7-13(18)17(16-8-12)9-10-4-3-5-11(14)6-10/h3-8,15H,2,9H2,1H3. The van der Waals surface area contributed by atoms with Crippen molar-refractivity contribution in [2.75, 3.05) is 11.9 Å². The molecule has 0 aliphatic heterocycles. The van der Waals surface area contributed by atoms with Crippen molar-refractivity contribution in [3.05, 3.63) is 57.5 Å². The molecule has 1 heterocycles. The number of aromatic nitrogens is 2. The van der Waals surface area contributed by atoms with E-state index in [9.17, 15) is 4.79 Å². The molecular weight excluding hydrogens is 250 g/mol. The highest BCUT2D eigenvalue weighted by Gasteiger charge is 2.01. The lowest BCUT2D eigenvalue weighted by molar-refractivity contribution is 0.639. The Morgan fingerprint density at radius 2 is 2.22 bits per heavy atom. The zero-order chi connectivity index (χ0) is 13.0. The van der Waals surface area contributed by atoms with Crippen molar-refractivity contribution in [2.45, 2.75) is 13.5 Å². The predicted molar refractivity (Wildman–Crippen MR) is 73.2 cm³/mol. The molecule has 4 nitrogen and oxygen atoms in total. The highest BCUT2D eigenvalue weighted by molar-refractivity contribution is 6.30.